The molecule has 0 radical (unpaired) electrons. The molecule has 0 aromatic heterocycles. The van der Waals surface area contributed by atoms with Gasteiger partial charge in [0.25, 0.3) is 5.91 Å². The van der Waals surface area contributed by atoms with Gasteiger partial charge in [-0.2, -0.15) is 0 Å². The van der Waals surface area contributed by atoms with Gasteiger partial charge in [-0.3, -0.25) is 4.79 Å². The van der Waals surface area contributed by atoms with Gasteiger partial charge in [0.1, 0.15) is 13.2 Å². The molecule has 1 atom stereocenters. The number of rotatable bonds is 4. The standard InChI is InChI=1S/C17H23NO4/c1-18(8-7-14-4-2-3-9-20-14)17(19)13-5-6-15-16(12-13)22-11-10-21-15/h5-6,12,14H,2-4,7-11H2,1H3. The average Bonchev–Trinajstić information content (AvgIpc) is 2.59. The van der Waals surface area contributed by atoms with Crippen molar-refractivity contribution in [2.75, 3.05) is 33.4 Å². The number of benzene rings is 1. The highest BCUT2D eigenvalue weighted by molar-refractivity contribution is 5.94. The highest BCUT2D eigenvalue weighted by atomic mass is 16.6. The molecule has 1 unspecified atom stereocenters. The fourth-order valence-electron chi connectivity index (χ4n) is 2.87. The van der Waals surface area contributed by atoms with Gasteiger partial charge in [0, 0.05) is 25.8 Å². The lowest BCUT2D eigenvalue weighted by Crippen LogP contribution is -2.31. The van der Waals surface area contributed by atoms with E-state index in [4.69, 9.17) is 14.2 Å². The molecule has 2 aliphatic heterocycles. The highest BCUT2D eigenvalue weighted by Gasteiger charge is 2.19. The number of carbonyl (C=O) groups excluding carboxylic acids is 1. The molecule has 0 saturated carbocycles. The van der Waals surface area contributed by atoms with Crippen LogP contribution in [0.5, 0.6) is 11.5 Å². The van der Waals surface area contributed by atoms with E-state index in [-0.39, 0.29) is 5.91 Å². The molecule has 0 spiro atoms. The Labute approximate surface area is 131 Å². The van der Waals surface area contributed by atoms with E-state index >= 15 is 0 Å². The van der Waals surface area contributed by atoms with E-state index in [1.807, 2.05) is 7.05 Å². The van der Waals surface area contributed by atoms with Gasteiger partial charge in [0.05, 0.1) is 6.10 Å². The molecular weight excluding hydrogens is 282 g/mol. The minimum absolute atomic E-state index is 0.00721. The van der Waals surface area contributed by atoms with Crippen LogP contribution in [0.15, 0.2) is 18.2 Å². The lowest BCUT2D eigenvalue weighted by Gasteiger charge is -2.25. The quantitative estimate of drug-likeness (QED) is 0.857. The molecule has 1 amide bonds. The Hall–Kier alpha value is -1.75. The van der Waals surface area contributed by atoms with Gasteiger partial charge >= 0.3 is 0 Å². The first-order chi connectivity index (χ1) is 10.7. The Morgan fingerprint density at radius 3 is 2.77 bits per heavy atom. The van der Waals surface area contributed by atoms with Crippen molar-refractivity contribution < 1.29 is 19.0 Å². The number of ether oxygens (including phenoxy) is 3. The topological polar surface area (TPSA) is 48.0 Å². The third-order valence-electron chi connectivity index (χ3n) is 4.20. The fourth-order valence-corrected chi connectivity index (χ4v) is 2.87. The van der Waals surface area contributed by atoms with E-state index < -0.39 is 0 Å². The predicted molar refractivity (Wildman–Crippen MR) is 82.6 cm³/mol. The molecule has 2 aliphatic rings. The van der Waals surface area contributed by atoms with Crippen LogP contribution in [-0.4, -0.2) is 50.3 Å². The van der Waals surface area contributed by atoms with Gasteiger partial charge in [0.15, 0.2) is 11.5 Å². The molecule has 3 rings (SSSR count). The van der Waals surface area contributed by atoms with Gasteiger partial charge in [-0.25, -0.2) is 0 Å². The van der Waals surface area contributed by atoms with E-state index in [2.05, 4.69) is 0 Å². The Bertz CT molecular complexity index is 525. The minimum Gasteiger partial charge on any atom is -0.486 e. The molecule has 5 nitrogen and oxygen atoms in total. The number of nitrogens with zero attached hydrogens (tertiary/aromatic N) is 1. The van der Waals surface area contributed by atoms with Crippen molar-refractivity contribution in [3.63, 3.8) is 0 Å². The van der Waals surface area contributed by atoms with E-state index in [0.29, 0.717) is 42.9 Å². The fraction of sp³-hybridized carbons (Fsp3) is 0.588. The van der Waals surface area contributed by atoms with E-state index in [0.717, 1.165) is 25.9 Å². The maximum Gasteiger partial charge on any atom is 0.253 e. The highest BCUT2D eigenvalue weighted by Crippen LogP contribution is 2.31. The van der Waals surface area contributed by atoms with Crippen LogP contribution in [0, 0.1) is 0 Å². The Balaban J connectivity index is 1.57. The summed E-state index contributed by atoms with van der Waals surface area (Å²) in [6.45, 7) is 2.64. The summed E-state index contributed by atoms with van der Waals surface area (Å²) in [5, 5.41) is 0. The Kier molecular flexibility index (Phi) is 4.83. The third kappa shape index (κ3) is 3.53. The molecule has 120 valence electrons. The summed E-state index contributed by atoms with van der Waals surface area (Å²) < 4.78 is 16.7. The van der Waals surface area contributed by atoms with Crippen molar-refractivity contribution in [2.24, 2.45) is 0 Å². The summed E-state index contributed by atoms with van der Waals surface area (Å²) in [4.78, 5) is 14.2. The van der Waals surface area contributed by atoms with Crippen LogP contribution >= 0.6 is 0 Å². The summed E-state index contributed by atoms with van der Waals surface area (Å²) in [5.41, 5.74) is 0.635. The van der Waals surface area contributed by atoms with Crippen molar-refractivity contribution in [3.8, 4) is 11.5 Å². The van der Waals surface area contributed by atoms with Gasteiger partial charge in [0.2, 0.25) is 0 Å². The minimum atomic E-state index is 0.00721. The normalized spacial score (nSPS) is 20.5. The molecule has 0 aliphatic carbocycles. The summed E-state index contributed by atoms with van der Waals surface area (Å²) in [6, 6.07) is 5.37. The molecular formula is C17H23NO4. The van der Waals surface area contributed by atoms with Crippen molar-refractivity contribution in [1.82, 2.24) is 4.90 Å². The van der Waals surface area contributed by atoms with Crippen LogP contribution in [0.4, 0.5) is 0 Å². The van der Waals surface area contributed by atoms with Crippen molar-refractivity contribution in [3.05, 3.63) is 23.8 Å². The second-order valence-corrected chi connectivity index (χ2v) is 5.86. The van der Waals surface area contributed by atoms with E-state index in [9.17, 15) is 4.79 Å². The average molecular weight is 305 g/mol. The van der Waals surface area contributed by atoms with Crippen LogP contribution in [0.3, 0.4) is 0 Å². The molecule has 22 heavy (non-hydrogen) atoms. The van der Waals surface area contributed by atoms with Crippen molar-refractivity contribution in [2.45, 2.75) is 31.8 Å². The lowest BCUT2D eigenvalue weighted by molar-refractivity contribution is 0.00708. The first-order valence-corrected chi connectivity index (χ1v) is 8.01. The Morgan fingerprint density at radius 1 is 1.18 bits per heavy atom. The van der Waals surface area contributed by atoms with E-state index in [1.165, 1.54) is 6.42 Å². The summed E-state index contributed by atoms with van der Waals surface area (Å²) in [6.07, 6.45) is 4.68. The second kappa shape index (κ2) is 7.01. The van der Waals surface area contributed by atoms with Gasteiger partial charge in [-0.15, -0.1) is 0 Å². The molecule has 2 heterocycles. The summed E-state index contributed by atoms with van der Waals surface area (Å²) >= 11 is 0. The molecule has 0 N–H and O–H groups in total. The van der Waals surface area contributed by atoms with Crippen molar-refractivity contribution >= 4 is 5.91 Å². The largest absolute Gasteiger partial charge is 0.486 e. The van der Waals surface area contributed by atoms with Gasteiger partial charge < -0.3 is 19.1 Å². The number of hydrogen-bond donors (Lipinski definition) is 0. The molecule has 5 heteroatoms. The zero-order chi connectivity index (χ0) is 15.4. The number of amides is 1. The molecule has 0 bridgehead atoms. The van der Waals surface area contributed by atoms with Crippen LogP contribution in [-0.2, 0) is 4.74 Å². The first kappa shape index (κ1) is 15.2. The first-order valence-electron chi connectivity index (χ1n) is 8.01. The molecule has 1 aromatic rings. The van der Waals surface area contributed by atoms with Crippen molar-refractivity contribution in [1.29, 1.82) is 0 Å². The maximum atomic E-state index is 12.5. The molecule has 1 aromatic carbocycles. The summed E-state index contributed by atoms with van der Waals surface area (Å²) in [5.74, 6) is 1.37. The monoisotopic (exact) mass is 305 g/mol. The maximum absolute atomic E-state index is 12.5. The smallest absolute Gasteiger partial charge is 0.253 e. The predicted octanol–water partition coefficient (Wildman–Crippen LogP) is 2.49. The number of carbonyl (C=O) groups is 1. The Morgan fingerprint density at radius 2 is 2.00 bits per heavy atom. The van der Waals surface area contributed by atoms with Crippen LogP contribution in [0.2, 0.25) is 0 Å². The van der Waals surface area contributed by atoms with Gasteiger partial charge in [-0.1, -0.05) is 0 Å². The van der Waals surface area contributed by atoms with E-state index in [1.54, 1.807) is 23.1 Å². The number of hydrogen-bond acceptors (Lipinski definition) is 4. The lowest BCUT2D eigenvalue weighted by atomic mass is 10.1. The summed E-state index contributed by atoms with van der Waals surface area (Å²) in [7, 11) is 1.84. The van der Waals surface area contributed by atoms with Crippen LogP contribution < -0.4 is 9.47 Å². The van der Waals surface area contributed by atoms with Crippen LogP contribution in [0.25, 0.3) is 0 Å². The molecule has 1 saturated heterocycles. The zero-order valence-electron chi connectivity index (χ0n) is 13.0. The van der Waals surface area contributed by atoms with Gasteiger partial charge in [-0.05, 0) is 43.9 Å². The third-order valence-corrected chi connectivity index (χ3v) is 4.20. The number of fused-ring (bicyclic) bond motifs is 1. The SMILES string of the molecule is CN(CCC1CCCCO1)C(=O)c1ccc2c(c1)OCCO2. The molecule has 1 fully saturated rings. The zero-order valence-corrected chi connectivity index (χ0v) is 13.0. The van der Waals surface area contributed by atoms with Crippen LogP contribution in [0.1, 0.15) is 36.0 Å². The second-order valence-electron chi connectivity index (χ2n) is 5.86.